The molecule has 2 aromatic rings. The summed E-state index contributed by atoms with van der Waals surface area (Å²) in [5.74, 6) is 0.544. The molecule has 148 valence electrons. The minimum Gasteiger partial charge on any atom is -0.339 e. The van der Waals surface area contributed by atoms with Gasteiger partial charge in [0.25, 0.3) is 5.91 Å². The summed E-state index contributed by atoms with van der Waals surface area (Å²) in [6, 6.07) is 11.7. The highest BCUT2D eigenvalue weighted by Crippen LogP contribution is 2.16. The van der Waals surface area contributed by atoms with E-state index >= 15 is 0 Å². The van der Waals surface area contributed by atoms with E-state index in [-0.39, 0.29) is 11.8 Å². The van der Waals surface area contributed by atoms with Gasteiger partial charge in [-0.05, 0) is 25.5 Å². The van der Waals surface area contributed by atoms with E-state index < -0.39 is 0 Å². The van der Waals surface area contributed by atoms with Gasteiger partial charge in [-0.1, -0.05) is 30.3 Å². The quantitative estimate of drug-likeness (QED) is 0.793. The number of rotatable bonds is 5. The molecule has 1 aliphatic heterocycles. The fourth-order valence-corrected chi connectivity index (χ4v) is 3.32. The topological polar surface area (TPSA) is 69.6 Å². The summed E-state index contributed by atoms with van der Waals surface area (Å²) >= 11 is 0. The van der Waals surface area contributed by atoms with E-state index in [1.807, 2.05) is 54.0 Å². The Morgan fingerprint density at radius 3 is 2.36 bits per heavy atom. The Labute approximate surface area is 166 Å². The van der Waals surface area contributed by atoms with Gasteiger partial charge in [0.05, 0.1) is 0 Å². The van der Waals surface area contributed by atoms with Crippen molar-refractivity contribution < 1.29 is 9.59 Å². The fourth-order valence-electron chi connectivity index (χ4n) is 3.32. The Hall–Kier alpha value is -2.96. The third-order valence-electron chi connectivity index (χ3n) is 4.95. The number of nitrogens with zero attached hydrogens (tertiary/aromatic N) is 5. The van der Waals surface area contributed by atoms with Crippen molar-refractivity contribution >= 4 is 17.8 Å². The highest BCUT2D eigenvalue weighted by atomic mass is 16.2. The molecule has 7 nitrogen and oxygen atoms in total. The second-order valence-electron chi connectivity index (χ2n) is 6.99. The van der Waals surface area contributed by atoms with Crippen LogP contribution in [0.15, 0.2) is 36.4 Å². The number of carbonyl (C=O) groups is 2. The summed E-state index contributed by atoms with van der Waals surface area (Å²) in [5, 5.41) is 0. The molecule has 0 bridgehead atoms. The van der Waals surface area contributed by atoms with Crippen LogP contribution >= 0.6 is 0 Å². The van der Waals surface area contributed by atoms with Crippen molar-refractivity contribution in [3.8, 4) is 0 Å². The van der Waals surface area contributed by atoms with Crippen molar-refractivity contribution in [3.63, 3.8) is 0 Å². The zero-order chi connectivity index (χ0) is 20.1. The van der Waals surface area contributed by atoms with E-state index in [4.69, 9.17) is 0 Å². The lowest BCUT2D eigenvalue weighted by Crippen LogP contribution is -2.48. The van der Waals surface area contributed by atoms with E-state index in [9.17, 15) is 9.59 Å². The molecule has 28 heavy (non-hydrogen) atoms. The second kappa shape index (κ2) is 8.82. The highest BCUT2D eigenvalue weighted by molar-refractivity contribution is 5.92. The number of piperazine rings is 1. The van der Waals surface area contributed by atoms with Crippen LogP contribution in [0.4, 0.5) is 5.95 Å². The van der Waals surface area contributed by atoms with Gasteiger partial charge in [-0.15, -0.1) is 0 Å². The molecule has 1 saturated heterocycles. The van der Waals surface area contributed by atoms with Crippen molar-refractivity contribution in [3.05, 3.63) is 53.3 Å². The largest absolute Gasteiger partial charge is 0.339 e. The molecule has 1 aliphatic rings. The van der Waals surface area contributed by atoms with Crippen LogP contribution in [0.2, 0.25) is 0 Å². The summed E-state index contributed by atoms with van der Waals surface area (Å²) < 4.78 is 0. The molecular weight excluding hydrogens is 354 g/mol. The van der Waals surface area contributed by atoms with E-state index in [1.165, 1.54) is 0 Å². The molecule has 2 heterocycles. The Balaban J connectivity index is 1.76. The normalized spacial score (nSPS) is 14.1. The van der Waals surface area contributed by atoms with Gasteiger partial charge in [-0.3, -0.25) is 9.59 Å². The number of hydrogen-bond donors (Lipinski definition) is 0. The van der Waals surface area contributed by atoms with Crippen LogP contribution in [0.25, 0.3) is 0 Å². The number of benzene rings is 1. The van der Waals surface area contributed by atoms with Crippen molar-refractivity contribution in [2.75, 3.05) is 37.6 Å². The lowest BCUT2D eigenvalue weighted by Gasteiger charge is -2.34. The summed E-state index contributed by atoms with van der Waals surface area (Å²) in [6.07, 6.45) is 0. The first kappa shape index (κ1) is 19.8. The molecule has 2 amide bonds. The van der Waals surface area contributed by atoms with Gasteiger partial charge >= 0.3 is 0 Å². The van der Waals surface area contributed by atoms with Crippen molar-refractivity contribution in [2.45, 2.75) is 27.3 Å². The van der Waals surface area contributed by atoms with Crippen LogP contribution < -0.4 is 4.90 Å². The molecule has 0 aliphatic carbocycles. The molecule has 0 atom stereocenters. The average molecular weight is 381 g/mol. The summed E-state index contributed by atoms with van der Waals surface area (Å²) in [4.78, 5) is 39.3. The van der Waals surface area contributed by atoms with Crippen LogP contribution in [-0.2, 0) is 11.3 Å². The first-order valence-corrected chi connectivity index (χ1v) is 9.67. The lowest BCUT2D eigenvalue weighted by molar-refractivity contribution is -0.129. The molecule has 0 unspecified atom stereocenters. The number of carbonyl (C=O) groups excluding carboxylic acids is 2. The maximum Gasteiger partial charge on any atom is 0.272 e. The monoisotopic (exact) mass is 381 g/mol. The molecule has 0 saturated carbocycles. The molecule has 0 radical (unpaired) electrons. The molecule has 7 heteroatoms. The van der Waals surface area contributed by atoms with Crippen LogP contribution in [0.5, 0.6) is 0 Å². The SMILES string of the molecule is CCN(Cc1ccccc1)C(=O)c1cc(C)nc(N2CCN(C(C)=O)CC2)n1. The predicted octanol–water partition coefficient (Wildman–Crippen LogP) is 2.12. The average Bonchev–Trinajstić information content (AvgIpc) is 2.72. The Morgan fingerprint density at radius 1 is 1.07 bits per heavy atom. The Kier molecular flexibility index (Phi) is 6.23. The lowest BCUT2D eigenvalue weighted by atomic mass is 10.2. The molecular formula is C21H27N5O2. The molecule has 1 aromatic carbocycles. The molecule has 1 fully saturated rings. The smallest absolute Gasteiger partial charge is 0.272 e. The standard InChI is InChI=1S/C21H27N5O2/c1-4-24(15-18-8-6-5-7-9-18)20(28)19-14-16(2)22-21(23-19)26-12-10-25(11-13-26)17(3)27/h5-9,14H,4,10-13,15H2,1-3H3. The van der Waals surface area contributed by atoms with Crippen molar-refractivity contribution in [1.29, 1.82) is 0 Å². The second-order valence-corrected chi connectivity index (χ2v) is 6.99. The molecule has 1 aromatic heterocycles. The van der Waals surface area contributed by atoms with E-state index in [0.717, 1.165) is 11.3 Å². The zero-order valence-electron chi connectivity index (χ0n) is 16.8. The number of hydrogen-bond acceptors (Lipinski definition) is 5. The molecule has 0 N–H and O–H groups in total. The highest BCUT2D eigenvalue weighted by Gasteiger charge is 2.23. The number of aromatic nitrogens is 2. The third-order valence-corrected chi connectivity index (χ3v) is 4.95. The van der Waals surface area contributed by atoms with Crippen LogP contribution in [0.1, 0.15) is 35.6 Å². The van der Waals surface area contributed by atoms with Crippen LogP contribution in [0.3, 0.4) is 0 Å². The van der Waals surface area contributed by atoms with Gasteiger partial charge in [-0.2, -0.15) is 0 Å². The maximum absolute atomic E-state index is 13.1. The van der Waals surface area contributed by atoms with Gasteiger partial charge in [0, 0.05) is 51.9 Å². The van der Waals surface area contributed by atoms with Gasteiger partial charge in [0.2, 0.25) is 11.9 Å². The van der Waals surface area contributed by atoms with Gasteiger partial charge in [0.1, 0.15) is 5.69 Å². The van der Waals surface area contributed by atoms with E-state index in [2.05, 4.69) is 9.97 Å². The van der Waals surface area contributed by atoms with Crippen LogP contribution in [0, 0.1) is 6.92 Å². The minimum atomic E-state index is -0.0968. The van der Waals surface area contributed by atoms with Crippen molar-refractivity contribution in [1.82, 2.24) is 19.8 Å². The maximum atomic E-state index is 13.1. The van der Waals surface area contributed by atoms with E-state index in [1.54, 1.807) is 17.9 Å². The Morgan fingerprint density at radius 2 is 1.75 bits per heavy atom. The zero-order valence-corrected chi connectivity index (χ0v) is 16.8. The van der Waals surface area contributed by atoms with Gasteiger partial charge < -0.3 is 14.7 Å². The number of amides is 2. The first-order valence-electron chi connectivity index (χ1n) is 9.67. The summed E-state index contributed by atoms with van der Waals surface area (Å²) in [5.41, 5.74) is 2.26. The van der Waals surface area contributed by atoms with Gasteiger partial charge in [0.15, 0.2) is 0 Å². The number of aryl methyl sites for hydroxylation is 1. The summed E-state index contributed by atoms with van der Waals surface area (Å²) in [6.45, 7) is 9.20. The number of anilines is 1. The minimum absolute atomic E-state index is 0.0835. The third kappa shape index (κ3) is 4.65. The van der Waals surface area contributed by atoms with Gasteiger partial charge in [-0.25, -0.2) is 9.97 Å². The molecule has 0 spiro atoms. The Bertz CT molecular complexity index is 832. The van der Waals surface area contributed by atoms with E-state index in [0.29, 0.717) is 50.9 Å². The van der Waals surface area contributed by atoms with Crippen LogP contribution in [-0.4, -0.2) is 64.3 Å². The first-order chi connectivity index (χ1) is 13.5. The molecule has 3 rings (SSSR count). The summed E-state index contributed by atoms with van der Waals surface area (Å²) in [7, 11) is 0. The predicted molar refractivity (Wildman–Crippen MR) is 108 cm³/mol. The fraction of sp³-hybridized carbons (Fsp3) is 0.429. The van der Waals surface area contributed by atoms with Crippen molar-refractivity contribution in [2.24, 2.45) is 0 Å².